The number of rotatable bonds is 5. The standard InChI is InChI=1S/C19H26N2O3S/c1-13(2)17-14(8-10-24-17)12-20-18(22)15-6-3-4-9-21(15)19(23)16-7-5-11-25-16/h5,7,11,14-15,17H,1,3-4,6,8-10,12H2,2H3,(H,20,22). The number of nitrogens with one attached hydrogen (secondary N) is 1. The summed E-state index contributed by atoms with van der Waals surface area (Å²) in [6, 6.07) is 3.33. The van der Waals surface area contributed by atoms with Crippen molar-refractivity contribution in [1.29, 1.82) is 0 Å². The van der Waals surface area contributed by atoms with Gasteiger partial charge < -0.3 is 15.0 Å². The van der Waals surface area contributed by atoms with Crippen LogP contribution >= 0.6 is 11.3 Å². The Balaban J connectivity index is 1.61. The zero-order chi connectivity index (χ0) is 17.8. The Morgan fingerprint density at radius 1 is 1.40 bits per heavy atom. The lowest BCUT2D eigenvalue weighted by Gasteiger charge is -2.34. The van der Waals surface area contributed by atoms with E-state index >= 15 is 0 Å². The number of piperidine rings is 1. The summed E-state index contributed by atoms with van der Waals surface area (Å²) in [5.41, 5.74) is 1.00. The van der Waals surface area contributed by atoms with E-state index in [1.165, 1.54) is 11.3 Å². The number of nitrogens with zero attached hydrogens (tertiary/aromatic N) is 1. The van der Waals surface area contributed by atoms with Crippen LogP contribution in [0.5, 0.6) is 0 Å². The molecule has 0 bridgehead atoms. The van der Waals surface area contributed by atoms with Crippen molar-refractivity contribution in [2.24, 2.45) is 5.92 Å². The minimum Gasteiger partial charge on any atom is -0.374 e. The Hall–Kier alpha value is -1.66. The Morgan fingerprint density at radius 3 is 2.96 bits per heavy atom. The average molecular weight is 362 g/mol. The fourth-order valence-electron chi connectivity index (χ4n) is 3.73. The van der Waals surface area contributed by atoms with Crippen LogP contribution in [0.1, 0.15) is 42.3 Å². The lowest BCUT2D eigenvalue weighted by molar-refractivity contribution is -0.126. The summed E-state index contributed by atoms with van der Waals surface area (Å²) in [5, 5.41) is 4.95. The van der Waals surface area contributed by atoms with E-state index in [1.54, 1.807) is 4.90 Å². The fraction of sp³-hybridized carbons (Fsp3) is 0.579. The van der Waals surface area contributed by atoms with E-state index in [9.17, 15) is 9.59 Å². The molecule has 25 heavy (non-hydrogen) atoms. The third-order valence-corrected chi connectivity index (χ3v) is 5.89. The van der Waals surface area contributed by atoms with Crippen LogP contribution in [0, 0.1) is 5.92 Å². The summed E-state index contributed by atoms with van der Waals surface area (Å²) < 4.78 is 5.70. The summed E-state index contributed by atoms with van der Waals surface area (Å²) in [5.74, 6) is 0.197. The van der Waals surface area contributed by atoms with Crippen LogP contribution in [-0.4, -0.2) is 48.6 Å². The van der Waals surface area contributed by atoms with Gasteiger partial charge in [-0.05, 0) is 44.1 Å². The van der Waals surface area contributed by atoms with Crippen LogP contribution in [0.15, 0.2) is 29.7 Å². The van der Waals surface area contributed by atoms with Crippen LogP contribution in [0.25, 0.3) is 0 Å². The first-order valence-electron chi connectivity index (χ1n) is 8.97. The van der Waals surface area contributed by atoms with E-state index in [2.05, 4.69) is 11.9 Å². The Morgan fingerprint density at radius 2 is 2.24 bits per heavy atom. The molecule has 0 spiro atoms. The van der Waals surface area contributed by atoms with Crippen LogP contribution < -0.4 is 5.32 Å². The van der Waals surface area contributed by atoms with Gasteiger partial charge in [-0.15, -0.1) is 11.3 Å². The summed E-state index contributed by atoms with van der Waals surface area (Å²) in [6.45, 7) is 7.88. The molecule has 2 amide bonds. The van der Waals surface area contributed by atoms with Crippen molar-refractivity contribution in [3.8, 4) is 0 Å². The molecule has 3 heterocycles. The highest BCUT2D eigenvalue weighted by Crippen LogP contribution is 2.26. The van der Waals surface area contributed by atoms with E-state index in [0.29, 0.717) is 24.6 Å². The predicted molar refractivity (Wildman–Crippen MR) is 98.7 cm³/mol. The number of amides is 2. The zero-order valence-electron chi connectivity index (χ0n) is 14.7. The Labute approximate surface area is 153 Å². The molecule has 3 unspecified atom stereocenters. The minimum atomic E-state index is -0.367. The fourth-order valence-corrected chi connectivity index (χ4v) is 4.41. The highest BCUT2D eigenvalue weighted by Gasteiger charge is 2.34. The number of likely N-dealkylation sites (tertiary alicyclic amines) is 1. The van der Waals surface area contributed by atoms with Crippen LogP contribution in [0.4, 0.5) is 0 Å². The summed E-state index contributed by atoms with van der Waals surface area (Å²) >= 11 is 1.43. The van der Waals surface area contributed by atoms with Gasteiger partial charge in [0.15, 0.2) is 0 Å². The summed E-state index contributed by atoms with van der Waals surface area (Å²) in [4.78, 5) is 27.9. The lowest BCUT2D eigenvalue weighted by Crippen LogP contribution is -2.52. The van der Waals surface area contributed by atoms with Gasteiger partial charge in [-0.25, -0.2) is 0 Å². The zero-order valence-corrected chi connectivity index (χ0v) is 15.5. The molecule has 6 heteroatoms. The van der Waals surface area contributed by atoms with Gasteiger partial charge in [0.1, 0.15) is 6.04 Å². The van der Waals surface area contributed by atoms with Crippen molar-refractivity contribution in [2.75, 3.05) is 19.7 Å². The second-order valence-electron chi connectivity index (χ2n) is 6.92. The predicted octanol–water partition coefficient (Wildman–Crippen LogP) is 2.84. The smallest absolute Gasteiger partial charge is 0.264 e. The molecule has 136 valence electrons. The molecule has 2 aliphatic rings. The molecule has 0 saturated carbocycles. The quantitative estimate of drug-likeness (QED) is 0.820. The summed E-state index contributed by atoms with van der Waals surface area (Å²) in [7, 11) is 0. The number of thiophene rings is 1. The first-order valence-corrected chi connectivity index (χ1v) is 9.85. The van der Waals surface area contributed by atoms with Gasteiger partial charge in [0.25, 0.3) is 5.91 Å². The molecule has 0 aromatic carbocycles. The van der Waals surface area contributed by atoms with E-state index in [1.807, 2.05) is 24.4 Å². The largest absolute Gasteiger partial charge is 0.374 e. The first-order chi connectivity index (χ1) is 12.1. The molecule has 0 aliphatic carbocycles. The molecular weight excluding hydrogens is 336 g/mol. The SMILES string of the molecule is C=C(C)C1OCCC1CNC(=O)C1CCCCN1C(=O)c1cccs1. The minimum absolute atomic E-state index is 0.0236. The molecule has 2 saturated heterocycles. The van der Waals surface area contributed by atoms with Crippen LogP contribution in [-0.2, 0) is 9.53 Å². The number of hydrogen-bond donors (Lipinski definition) is 1. The van der Waals surface area contributed by atoms with Crippen LogP contribution in [0.2, 0.25) is 0 Å². The van der Waals surface area contributed by atoms with E-state index in [4.69, 9.17) is 4.74 Å². The Bertz CT molecular complexity index is 629. The molecule has 1 aromatic rings. The highest BCUT2D eigenvalue weighted by molar-refractivity contribution is 7.12. The summed E-state index contributed by atoms with van der Waals surface area (Å²) in [6.07, 6.45) is 3.62. The third kappa shape index (κ3) is 4.12. The normalized spacial score (nSPS) is 26.4. The maximum Gasteiger partial charge on any atom is 0.264 e. The van der Waals surface area contributed by atoms with Gasteiger partial charge in [-0.1, -0.05) is 18.2 Å². The molecule has 1 aromatic heterocycles. The van der Waals surface area contributed by atoms with Crippen molar-refractivity contribution in [2.45, 2.75) is 44.8 Å². The average Bonchev–Trinajstić information content (AvgIpc) is 3.30. The van der Waals surface area contributed by atoms with E-state index < -0.39 is 0 Å². The number of carbonyl (C=O) groups is 2. The highest BCUT2D eigenvalue weighted by atomic mass is 32.1. The molecule has 3 atom stereocenters. The first kappa shape index (κ1) is 18.1. The van der Waals surface area contributed by atoms with Gasteiger partial charge >= 0.3 is 0 Å². The Kier molecular flexibility index (Phi) is 5.91. The second kappa shape index (κ2) is 8.15. The molecule has 2 aliphatic heterocycles. The van der Waals surface area contributed by atoms with Gasteiger partial charge in [0.05, 0.1) is 11.0 Å². The lowest BCUT2D eigenvalue weighted by atomic mass is 9.96. The number of carbonyl (C=O) groups excluding carboxylic acids is 2. The van der Waals surface area contributed by atoms with Gasteiger partial charge in [0.2, 0.25) is 5.91 Å². The van der Waals surface area contributed by atoms with Gasteiger partial charge in [0, 0.05) is 25.6 Å². The maximum absolute atomic E-state index is 12.8. The topological polar surface area (TPSA) is 58.6 Å². The van der Waals surface area contributed by atoms with Gasteiger partial charge in [-0.2, -0.15) is 0 Å². The monoisotopic (exact) mass is 362 g/mol. The van der Waals surface area contributed by atoms with E-state index in [-0.39, 0.29) is 29.9 Å². The number of hydrogen-bond acceptors (Lipinski definition) is 4. The molecular formula is C19H26N2O3S. The third-order valence-electron chi connectivity index (χ3n) is 5.04. The van der Waals surface area contributed by atoms with Crippen molar-refractivity contribution in [3.63, 3.8) is 0 Å². The molecule has 3 rings (SSSR count). The van der Waals surface area contributed by atoms with Gasteiger partial charge in [-0.3, -0.25) is 9.59 Å². The van der Waals surface area contributed by atoms with Crippen LogP contribution in [0.3, 0.4) is 0 Å². The molecule has 5 nitrogen and oxygen atoms in total. The number of ether oxygens (including phenoxy) is 1. The van der Waals surface area contributed by atoms with Crippen molar-refractivity contribution < 1.29 is 14.3 Å². The van der Waals surface area contributed by atoms with Crippen molar-refractivity contribution in [1.82, 2.24) is 10.2 Å². The van der Waals surface area contributed by atoms with E-state index in [0.717, 1.165) is 31.3 Å². The molecule has 1 N–H and O–H groups in total. The second-order valence-corrected chi connectivity index (χ2v) is 7.87. The molecule has 2 fully saturated rings. The van der Waals surface area contributed by atoms with Crippen molar-refractivity contribution >= 4 is 23.2 Å². The molecule has 0 radical (unpaired) electrons. The maximum atomic E-state index is 12.8. The van der Waals surface area contributed by atoms with Crippen molar-refractivity contribution in [3.05, 3.63) is 34.5 Å².